The van der Waals surface area contributed by atoms with Crippen LogP contribution in [0.5, 0.6) is 0 Å². The molecule has 1 aromatic carbocycles. The van der Waals surface area contributed by atoms with Gasteiger partial charge < -0.3 is 4.90 Å². The van der Waals surface area contributed by atoms with Crippen LogP contribution >= 0.6 is 0 Å². The lowest BCUT2D eigenvalue weighted by Gasteiger charge is -2.32. The zero-order valence-corrected chi connectivity index (χ0v) is 15.8. The van der Waals surface area contributed by atoms with Crippen LogP contribution in [0.4, 0.5) is 4.39 Å². The van der Waals surface area contributed by atoms with Crippen LogP contribution in [0.1, 0.15) is 31.0 Å². The first-order valence-corrected chi connectivity index (χ1v) is 9.56. The number of carbonyl (C=O) groups is 2. The number of likely N-dealkylation sites (tertiary alicyclic amines) is 1. The van der Waals surface area contributed by atoms with Crippen LogP contribution in [0.2, 0.25) is 0 Å². The van der Waals surface area contributed by atoms with Gasteiger partial charge in [0, 0.05) is 19.3 Å². The Morgan fingerprint density at radius 3 is 2.39 bits per heavy atom. The molecule has 6 heteroatoms. The van der Waals surface area contributed by atoms with Gasteiger partial charge in [-0.3, -0.25) is 19.5 Å². The van der Waals surface area contributed by atoms with Crippen molar-refractivity contribution < 1.29 is 14.0 Å². The van der Waals surface area contributed by atoms with Gasteiger partial charge >= 0.3 is 0 Å². The monoisotopic (exact) mass is 379 g/mol. The fraction of sp³-hybridized carbons (Fsp3) is 0.318. The van der Waals surface area contributed by atoms with Gasteiger partial charge in [0.25, 0.3) is 11.8 Å². The molecule has 0 bridgehead atoms. The van der Waals surface area contributed by atoms with Gasteiger partial charge in [-0.1, -0.05) is 25.1 Å². The Hall–Kier alpha value is -3.02. The van der Waals surface area contributed by atoms with E-state index in [2.05, 4.69) is 11.9 Å². The lowest BCUT2D eigenvalue weighted by molar-refractivity contribution is -0.138. The Morgan fingerprint density at radius 1 is 1.04 bits per heavy atom. The summed E-state index contributed by atoms with van der Waals surface area (Å²) in [5.41, 5.74) is 2.00. The van der Waals surface area contributed by atoms with Gasteiger partial charge in [-0.25, -0.2) is 4.39 Å². The summed E-state index contributed by atoms with van der Waals surface area (Å²) in [5.74, 6) is -0.428. The van der Waals surface area contributed by atoms with Crippen molar-refractivity contribution in [1.29, 1.82) is 0 Å². The quantitative estimate of drug-likeness (QED) is 0.766. The van der Waals surface area contributed by atoms with E-state index >= 15 is 0 Å². The fourth-order valence-corrected chi connectivity index (χ4v) is 3.76. The minimum atomic E-state index is -0.375. The van der Waals surface area contributed by atoms with Crippen molar-refractivity contribution in [3.8, 4) is 0 Å². The number of carbonyl (C=O) groups excluding carboxylic acids is 2. The molecule has 1 saturated heterocycles. The van der Waals surface area contributed by atoms with Gasteiger partial charge in [-0.2, -0.15) is 0 Å². The summed E-state index contributed by atoms with van der Waals surface area (Å²) in [6.07, 6.45) is 3.59. The second-order valence-electron chi connectivity index (χ2n) is 7.42. The van der Waals surface area contributed by atoms with E-state index in [1.165, 1.54) is 17.0 Å². The van der Waals surface area contributed by atoms with Crippen molar-refractivity contribution in [2.45, 2.75) is 26.3 Å². The van der Waals surface area contributed by atoms with Crippen molar-refractivity contribution >= 4 is 17.4 Å². The lowest BCUT2D eigenvalue weighted by Crippen LogP contribution is -2.38. The van der Waals surface area contributed by atoms with E-state index in [-0.39, 0.29) is 24.2 Å². The SMILES string of the molecule is CC1CCN(C2=C(c3ccc(F)cc3)C(=O)N(Cc3ccccn3)C2=O)CC1. The average molecular weight is 379 g/mol. The van der Waals surface area contributed by atoms with Gasteiger partial charge in [0.15, 0.2) is 0 Å². The van der Waals surface area contributed by atoms with Crippen LogP contribution in [0.3, 0.4) is 0 Å². The van der Waals surface area contributed by atoms with E-state index in [9.17, 15) is 14.0 Å². The number of imide groups is 1. The highest BCUT2D eigenvalue weighted by molar-refractivity contribution is 6.35. The summed E-state index contributed by atoms with van der Waals surface area (Å²) >= 11 is 0. The molecule has 5 nitrogen and oxygen atoms in total. The molecule has 0 atom stereocenters. The maximum atomic E-state index is 13.4. The molecule has 3 heterocycles. The summed E-state index contributed by atoms with van der Waals surface area (Å²) in [6, 6.07) is 11.2. The normalized spacial score (nSPS) is 18.4. The summed E-state index contributed by atoms with van der Waals surface area (Å²) in [5, 5.41) is 0. The molecule has 0 unspecified atom stereocenters. The molecule has 28 heavy (non-hydrogen) atoms. The minimum Gasteiger partial charge on any atom is -0.366 e. The van der Waals surface area contributed by atoms with Crippen LogP contribution in [-0.2, 0) is 16.1 Å². The van der Waals surface area contributed by atoms with Crippen molar-refractivity contribution in [3.05, 3.63) is 71.4 Å². The standard InChI is InChI=1S/C22H22FN3O2/c1-15-9-12-25(13-10-15)20-19(16-5-7-17(23)8-6-16)21(27)26(22(20)28)14-18-4-2-3-11-24-18/h2-8,11,15H,9-10,12-14H2,1H3. The average Bonchev–Trinajstić information content (AvgIpc) is 2.95. The van der Waals surface area contributed by atoms with Crippen molar-refractivity contribution in [1.82, 2.24) is 14.8 Å². The molecular weight excluding hydrogens is 357 g/mol. The van der Waals surface area contributed by atoms with E-state index in [0.29, 0.717) is 28.4 Å². The van der Waals surface area contributed by atoms with E-state index in [0.717, 1.165) is 25.9 Å². The molecule has 0 saturated carbocycles. The Morgan fingerprint density at radius 2 is 1.75 bits per heavy atom. The number of aromatic nitrogens is 1. The van der Waals surface area contributed by atoms with Crippen molar-refractivity contribution in [2.75, 3.05) is 13.1 Å². The zero-order chi connectivity index (χ0) is 19.7. The molecule has 144 valence electrons. The third-order valence-corrected chi connectivity index (χ3v) is 5.42. The van der Waals surface area contributed by atoms with Crippen LogP contribution < -0.4 is 0 Å². The third kappa shape index (κ3) is 3.42. The second kappa shape index (κ2) is 7.54. The highest BCUT2D eigenvalue weighted by atomic mass is 19.1. The van der Waals surface area contributed by atoms with Gasteiger partial charge in [-0.15, -0.1) is 0 Å². The molecule has 2 aliphatic rings. The molecule has 0 spiro atoms. The Labute approximate surface area is 163 Å². The summed E-state index contributed by atoms with van der Waals surface area (Å²) in [4.78, 5) is 34.0. The van der Waals surface area contributed by atoms with Gasteiger partial charge in [0.1, 0.15) is 11.5 Å². The largest absolute Gasteiger partial charge is 0.366 e. The lowest BCUT2D eigenvalue weighted by atomic mass is 9.97. The number of benzene rings is 1. The molecule has 2 aromatic rings. The molecule has 4 rings (SSSR count). The van der Waals surface area contributed by atoms with Crippen LogP contribution in [0.15, 0.2) is 54.4 Å². The second-order valence-corrected chi connectivity index (χ2v) is 7.42. The third-order valence-electron chi connectivity index (χ3n) is 5.42. The van der Waals surface area contributed by atoms with Crippen LogP contribution in [-0.4, -0.2) is 39.7 Å². The van der Waals surface area contributed by atoms with Crippen LogP contribution in [0, 0.1) is 11.7 Å². The zero-order valence-electron chi connectivity index (χ0n) is 15.8. The highest BCUT2D eigenvalue weighted by Crippen LogP contribution is 2.34. The molecule has 1 aromatic heterocycles. The van der Waals surface area contributed by atoms with E-state index in [4.69, 9.17) is 0 Å². The molecule has 0 aliphatic carbocycles. The Balaban J connectivity index is 1.72. The first-order chi connectivity index (χ1) is 13.5. The smallest absolute Gasteiger partial charge is 0.278 e. The maximum absolute atomic E-state index is 13.4. The van der Waals surface area contributed by atoms with Crippen LogP contribution in [0.25, 0.3) is 5.57 Å². The molecule has 2 amide bonds. The number of hydrogen-bond acceptors (Lipinski definition) is 4. The first kappa shape index (κ1) is 18.3. The molecule has 0 N–H and O–H groups in total. The predicted molar refractivity (Wildman–Crippen MR) is 103 cm³/mol. The molecular formula is C22H22FN3O2. The summed E-state index contributed by atoms with van der Waals surface area (Å²) in [7, 11) is 0. The molecule has 2 aliphatic heterocycles. The van der Waals surface area contributed by atoms with E-state index in [1.807, 2.05) is 11.0 Å². The number of rotatable bonds is 4. The topological polar surface area (TPSA) is 53.5 Å². The number of hydrogen-bond donors (Lipinski definition) is 0. The molecule has 1 fully saturated rings. The van der Waals surface area contributed by atoms with E-state index < -0.39 is 0 Å². The highest BCUT2D eigenvalue weighted by Gasteiger charge is 2.42. The van der Waals surface area contributed by atoms with Crippen molar-refractivity contribution in [2.24, 2.45) is 5.92 Å². The van der Waals surface area contributed by atoms with E-state index in [1.54, 1.807) is 30.5 Å². The number of nitrogens with zero attached hydrogens (tertiary/aromatic N) is 3. The number of amides is 2. The summed E-state index contributed by atoms with van der Waals surface area (Å²) in [6.45, 7) is 3.79. The van der Waals surface area contributed by atoms with Gasteiger partial charge in [0.05, 0.1) is 17.8 Å². The number of piperidine rings is 1. The Kier molecular flexibility index (Phi) is 4.94. The summed E-state index contributed by atoms with van der Waals surface area (Å²) < 4.78 is 13.4. The van der Waals surface area contributed by atoms with Gasteiger partial charge in [-0.05, 0) is 48.6 Å². The predicted octanol–water partition coefficient (Wildman–Crippen LogP) is 3.23. The minimum absolute atomic E-state index is 0.122. The first-order valence-electron chi connectivity index (χ1n) is 9.56. The number of halogens is 1. The fourth-order valence-electron chi connectivity index (χ4n) is 3.76. The van der Waals surface area contributed by atoms with Gasteiger partial charge in [0.2, 0.25) is 0 Å². The number of pyridine rings is 1. The van der Waals surface area contributed by atoms with Crippen molar-refractivity contribution in [3.63, 3.8) is 0 Å². The Bertz CT molecular complexity index is 917. The maximum Gasteiger partial charge on any atom is 0.278 e. The molecule has 0 radical (unpaired) electrons.